The standard InChI is InChI=1S/C27H26N2O4.C27H24N2O4.C23H22N2O4/c2*1-27-6-4-16-9-19-21(30)10-18(26(28)32)11-23(19)33-25(16)20(27)12-22(31)24(27)15-2-3-17-13-29-7-5-14(17)8-15;1-23-5-4-12-7-15-17(26)8-14(22(24)28)9-19(15)29-21(12)16(23)10-18(27)20(23)13-3-2-6-25-11-13/h2-3,5,7-9,13,18,20,24-25H,4,6,10-12H2,1H3,(H2,28,32);2-9,13,18,20,24-25H,10-12H2,1H3,(H2,28,32);2-7,11,14,16,20-21H,8-10H2,1H3,(H2,24,28)/t2*18?,20-,24-,25+,27-;14?,16-,20-,21+,23-/m000/s1. The quantitative estimate of drug-likeness (QED) is 0.142. The molecule has 3 unspecified atom stereocenters. The van der Waals surface area contributed by atoms with Crippen molar-refractivity contribution >= 4 is 74.0 Å². The molecule has 4 fully saturated rings. The molecule has 3 amide bonds. The van der Waals surface area contributed by atoms with E-state index in [1.54, 1.807) is 24.8 Å². The van der Waals surface area contributed by atoms with Crippen LogP contribution in [0.4, 0.5) is 0 Å². The van der Waals surface area contributed by atoms with Crippen molar-refractivity contribution in [2.45, 2.75) is 127 Å². The molecule has 15 atom stereocenters. The summed E-state index contributed by atoms with van der Waals surface area (Å²) in [5.74, 6) is -1.88. The van der Waals surface area contributed by atoms with Gasteiger partial charge in [0.1, 0.15) is 52.9 Å². The number of hydrogen-bond donors (Lipinski definition) is 3. The Morgan fingerprint density at radius 2 is 0.884 bits per heavy atom. The van der Waals surface area contributed by atoms with Gasteiger partial charge in [-0.05, 0) is 98.9 Å². The average Bonchev–Trinajstić information content (AvgIpc) is 1.63. The molecule has 0 spiro atoms. The molecule has 2 aromatic carbocycles. The van der Waals surface area contributed by atoms with E-state index >= 15 is 0 Å². The molecular weight excluding hydrogens is 1200 g/mol. The second-order valence-electron chi connectivity index (χ2n) is 28.7. The number of Topliss-reactive ketones (excluding diaryl/α,β-unsaturated/α-hetero) is 6. The molecule has 0 saturated heterocycles. The van der Waals surface area contributed by atoms with E-state index in [4.69, 9.17) is 31.4 Å². The van der Waals surface area contributed by atoms with Crippen molar-refractivity contribution in [3.8, 4) is 0 Å². The van der Waals surface area contributed by atoms with Crippen LogP contribution in [0.25, 0.3) is 21.5 Å². The maximum Gasteiger partial charge on any atom is 0.221 e. The van der Waals surface area contributed by atoms with Crippen molar-refractivity contribution in [3.63, 3.8) is 0 Å². The Kier molecular flexibility index (Phi) is 14.8. The molecule has 482 valence electrons. The molecule has 12 aliphatic rings. The Balaban J connectivity index is 0.000000118. The van der Waals surface area contributed by atoms with Crippen LogP contribution in [0.1, 0.15) is 126 Å². The molecular formula is C77H72N6O12. The van der Waals surface area contributed by atoms with Gasteiger partial charge in [0.25, 0.3) is 0 Å². The number of ketones is 6. The van der Waals surface area contributed by atoms with Gasteiger partial charge in [0.2, 0.25) is 17.7 Å². The van der Waals surface area contributed by atoms with Crippen molar-refractivity contribution < 1.29 is 57.4 Å². The molecule has 0 bridgehead atoms. The zero-order valence-electron chi connectivity index (χ0n) is 53.0. The normalized spacial score (nSPS) is 33.7. The number of primary amides is 3. The Labute approximate surface area is 548 Å². The molecule has 6 N–H and O–H groups in total. The average molecular weight is 1270 g/mol. The third-order valence-corrected chi connectivity index (χ3v) is 23.3. The van der Waals surface area contributed by atoms with Crippen LogP contribution in [0.2, 0.25) is 0 Å². The SMILES string of the molecule is C[C@]12C=CC3=CC4=C(CC(C(N)=O)CC4=O)O[C@H]3[C@@H]1CC(=O)[C@@H]2c1ccc2cnccc2c1.C[C@]12C=CC3=CC4=C(CC(C(N)=O)CC4=O)O[C@H]3[C@@H]1CC(=O)[C@@H]2c1cccnc1.C[C@]12CCC3=CC4=C(CC(C(N)=O)CC4=O)O[C@H]3[C@@H]1CC(=O)[C@@H]2c1ccc2cnccc2c1. The van der Waals surface area contributed by atoms with Gasteiger partial charge in [0, 0.05) is 140 Å². The van der Waals surface area contributed by atoms with Gasteiger partial charge in [0.15, 0.2) is 17.3 Å². The highest BCUT2D eigenvalue weighted by Gasteiger charge is 2.61. The van der Waals surface area contributed by atoms with Gasteiger partial charge < -0.3 is 31.4 Å². The lowest BCUT2D eigenvalue weighted by Crippen LogP contribution is -2.44. The number of fused-ring (bicyclic) bond motifs is 11. The van der Waals surface area contributed by atoms with Crippen molar-refractivity contribution in [3.05, 3.63) is 208 Å². The van der Waals surface area contributed by atoms with Crippen molar-refractivity contribution in [1.29, 1.82) is 0 Å². The van der Waals surface area contributed by atoms with Gasteiger partial charge in [0.05, 0.1) is 46.3 Å². The van der Waals surface area contributed by atoms with Gasteiger partial charge in [-0.25, -0.2) is 0 Å². The van der Waals surface area contributed by atoms with E-state index in [0.29, 0.717) is 72.5 Å². The van der Waals surface area contributed by atoms with Crippen molar-refractivity contribution in [2.24, 2.45) is 69.0 Å². The Morgan fingerprint density at radius 1 is 0.453 bits per heavy atom. The molecule has 4 saturated carbocycles. The fourth-order valence-electron chi connectivity index (χ4n) is 18.2. The van der Waals surface area contributed by atoms with Crippen LogP contribution >= 0.6 is 0 Å². The number of allylic oxidation sites excluding steroid dienone is 11. The summed E-state index contributed by atoms with van der Waals surface area (Å²) < 4.78 is 19.2. The first kappa shape index (κ1) is 61.3. The van der Waals surface area contributed by atoms with Crippen LogP contribution in [0, 0.1) is 51.8 Å². The fraction of sp³-hybridized carbons (Fsp3) is 0.377. The van der Waals surface area contributed by atoms with Crippen LogP contribution in [0.5, 0.6) is 0 Å². The van der Waals surface area contributed by atoms with Crippen molar-refractivity contribution in [1.82, 2.24) is 15.0 Å². The number of benzene rings is 2. The Morgan fingerprint density at radius 3 is 1.36 bits per heavy atom. The zero-order chi connectivity index (χ0) is 66.1. The predicted molar refractivity (Wildman–Crippen MR) is 348 cm³/mol. The molecule has 3 aromatic heterocycles. The summed E-state index contributed by atoms with van der Waals surface area (Å²) in [6.45, 7) is 6.44. The zero-order valence-corrected chi connectivity index (χ0v) is 53.0. The molecule has 5 aromatic rings. The number of pyridine rings is 3. The smallest absolute Gasteiger partial charge is 0.221 e. The van der Waals surface area contributed by atoms with Gasteiger partial charge in [-0.1, -0.05) is 87.5 Å². The summed E-state index contributed by atoms with van der Waals surface area (Å²) in [7, 11) is 0. The maximum absolute atomic E-state index is 13.4. The topological polar surface area (TPSA) is 298 Å². The van der Waals surface area contributed by atoms with Crippen molar-refractivity contribution in [2.75, 3.05) is 0 Å². The van der Waals surface area contributed by atoms with E-state index in [1.165, 1.54) is 0 Å². The van der Waals surface area contributed by atoms with E-state index < -0.39 is 46.3 Å². The number of hydrogen-bond acceptors (Lipinski definition) is 15. The third kappa shape index (κ3) is 10.2. The highest BCUT2D eigenvalue weighted by Crippen LogP contribution is 2.63. The van der Waals surface area contributed by atoms with E-state index in [2.05, 4.69) is 66.1 Å². The minimum absolute atomic E-state index is 0.0289. The summed E-state index contributed by atoms with van der Waals surface area (Å²) in [5.41, 5.74) is 22.9. The number of nitrogens with zero attached hydrogens (tertiary/aromatic N) is 3. The molecule has 6 heterocycles. The second kappa shape index (κ2) is 23.0. The highest BCUT2D eigenvalue weighted by molar-refractivity contribution is 6.05. The first-order valence-corrected chi connectivity index (χ1v) is 32.9. The van der Waals surface area contributed by atoms with E-state index in [0.717, 1.165) is 67.8 Å². The monoisotopic (exact) mass is 1270 g/mol. The van der Waals surface area contributed by atoms with Crippen LogP contribution in [0.3, 0.4) is 0 Å². The van der Waals surface area contributed by atoms with Gasteiger partial charge in [-0.2, -0.15) is 0 Å². The van der Waals surface area contributed by atoms with Crippen LogP contribution in [0.15, 0.2) is 191 Å². The summed E-state index contributed by atoms with van der Waals surface area (Å²) in [6, 6.07) is 20.1. The van der Waals surface area contributed by atoms with Gasteiger partial charge >= 0.3 is 0 Å². The first-order chi connectivity index (χ1) is 45.6. The number of nitrogens with two attached hydrogens (primary N) is 3. The summed E-state index contributed by atoms with van der Waals surface area (Å²) in [6.07, 6.45) is 28.1. The third-order valence-electron chi connectivity index (χ3n) is 23.3. The van der Waals surface area contributed by atoms with E-state index in [9.17, 15) is 43.2 Å². The van der Waals surface area contributed by atoms with E-state index in [-0.39, 0.29) is 113 Å². The lowest BCUT2D eigenvalue weighted by Gasteiger charge is -2.47. The van der Waals surface area contributed by atoms with E-state index in [1.807, 2.05) is 85.2 Å². The minimum Gasteiger partial charge on any atom is -0.489 e. The molecule has 9 aliphatic carbocycles. The lowest BCUT2D eigenvalue weighted by atomic mass is 9.61. The molecule has 0 radical (unpaired) electrons. The summed E-state index contributed by atoms with van der Waals surface area (Å²) in [5, 5.41) is 4.24. The minimum atomic E-state index is -0.540. The second-order valence-corrected chi connectivity index (χ2v) is 28.7. The number of rotatable bonds is 6. The number of carbonyl (C=O) groups is 9. The Hall–Kier alpha value is -9.84. The largest absolute Gasteiger partial charge is 0.489 e. The van der Waals surface area contributed by atoms with Crippen LogP contribution in [-0.2, 0) is 57.4 Å². The lowest BCUT2D eigenvalue weighted by molar-refractivity contribution is -0.127. The molecule has 17 rings (SSSR count). The summed E-state index contributed by atoms with van der Waals surface area (Å²) >= 11 is 0. The summed E-state index contributed by atoms with van der Waals surface area (Å²) in [4.78, 5) is 125. The van der Waals surface area contributed by atoms with Crippen LogP contribution in [-0.4, -0.2) is 85.7 Å². The van der Waals surface area contributed by atoms with Crippen LogP contribution < -0.4 is 17.2 Å². The first-order valence-electron chi connectivity index (χ1n) is 32.9. The van der Waals surface area contributed by atoms with Gasteiger partial charge in [-0.15, -0.1) is 0 Å². The predicted octanol–water partition coefficient (Wildman–Crippen LogP) is 9.65. The number of carbonyl (C=O) groups excluding carboxylic acids is 9. The highest BCUT2D eigenvalue weighted by atomic mass is 16.5. The molecule has 18 heteroatoms. The molecule has 18 nitrogen and oxygen atoms in total. The molecule has 95 heavy (non-hydrogen) atoms. The number of amides is 3. The maximum atomic E-state index is 13.4. The number of ether oxygens (including phenoxy) is 3. The Bertz CT molecular complexity index is 4550. The molecule has 3 aliphatic heterocycles. The fourth-order valence-corrected chi connectivity index (χ4v) is 18.2. The number of aromatic nitrogens is 3. The van der Waals surface area contributed by atoms with Gasteiger partial charge in [-0.3, -0.25) is 58.1 Å².